The molecule has 2 heterocycles. The summed E-state index contributed by atoms with van der Waals surface area (Å²) in [7, 11) is 0. The van der Waals surface area contributed by atoms with E-state index in [-0.39, 0.29) is 5.91 Å². The summed E-state index contributed by atoms with van der Waals surface area (Å²) in [6, 6.07) is 9.53. The molecule has 7 nitrogen and oxygen atoms in total. The zero-order valence-corrected chi connectivity index (χ0v) is 17.6. The first-order valence-electron chi connectivity index (χ1n) is 8.94. The number of anilines is 2. The van der Waals surface area contributed by atoms with Gasteiger partial charge >= 0.3 is 0 Å². The third kappa shape index (κ3) is 3.53. The van der Waals surface area contributed by atoms with Gasteiger partial charge in [0.1, 0.15) is 11.9 Å². The molecule has 4 rings (SSSR count). The monoisotopic (exact) mass is 456 g/mol. The summed E-state index contributed by atoms with van der Waals surface area (Å²) in [5.74, 6) is -0.464. The fraction of sp³-hybridized carbons (Fsp3) is 0.200. The third-order valence-corrected chi connectivity index (χ3v) is 5.33. The number of nitrogens with zero attached hydrogens (tertiary/aromatic N) is 4. The van der Waals surface area contributed by atoms with E-state index in [1.165, 1.54) is 10.7 Å². The molecule has 0 radical (unpaired) electrons. The van der Waals surface area contributed by atoms with Crippen LogP contribution in [-0.2, 0) is 4.79 Å². The van der Waals surface area contributed by atoms with Gasteiger partial charge in [0.2, 0.25) is 5.95 Å². The van der Waals surface area contributed by atoms with Crippen molar-refractivity contribution in [3.8, 4) is 0 Å². The molecule has 0 unspecified atom stereocenters. The van der Waals surface area contributed by atoms with E-state index >= 15 is 0 Å². The number of benzene rings is 2. The second kappa shape index (κ2) is 7.40. The number of carbonyl (C=O) groups is 1. The number of rotatable bonds is 3. The average Bonchev–Trinajstić information content (AvgIpc) is 3.13. The molecule has 0 spiro atoms. The number of tetrazole rings is 1. The average molecular weight is 457 g/mol. The number of hydrogen-bond donors (Lipinski definition) is 2. The highest BCUT2D eigenvalue weighted by atomic mass is 79.9. The van der Waals surface area contributed by atoms with Crippen molar-refractivity contribution >= 4 is 33.5 Å². The van der Waals surface area contributed by atoms with Gasteiger partial charge < -0.3 is 10.6 Å². The van der Waals surface area contributed by atoms with Crippen molar-refractivity contribution in [2.45, 2.75) is 26.8 Å². The molecule has 1 atom stereocenters. The Morgan fingerprint density at radius 1 is 1.21 bits per heavy atom. The van der Waals surface area contributed by atoms with Crippen LogP contribution in [0.5, 0.6) is 0 Å². The summed E-state index contributed by atoms with van der Waals surface area (Å²) in [5.41, 5.74) is 3.91. The van der Waals surface area contributed by atoms with E-state index in [1.807, 2.05) is 32.0 Å². The lowest BCUT2D eigenvalue weighted by molar-refractivity contribution is -0.113. The standard InChI is InChI=1S/C20H18BrFN6O/c1-10-4-7-16(11(2)8-10)24-19(29)17-12(3)23-20-25-26-27-28(20)18(17)14-9-13(21)5-6-15(14)22/h4-9,18H,1-3H3,(H,24,29)(H,23,25,27)/t18-/m1/s1. The highest BCUT2D eigenvalue weighted by Crippen LogP contribution is 2.37. The van der Waals surface area contributed by atoms with Crippen molar-refractivity contribution in [3.63, 3.8) is 0 Å². The number of carbonyl (C=O) groups excluding carboxylic acids is 1. The van der Waals surface area contributed by atoms with Gasteiger partial charge in [-0.2, -0.15) is 4.68 Å². The van der Waals surface area contributed by atoms with E-state index in [2.05, 4.69) is 42.1 Å². The second-order valence-corrected chi connectivity index (χ2v) is 7.87. The zero-order valence-electron chi connectivity index (χ0n) is 16.0. The lowest BCUT2D eigenvalue weighted by Crippen LogP contribution is -2.32. The number of nitrogens with one attached hydrogen (secondary N) is 2. The first-order chi connectivity index (χ1) is 13.8. The molecule has 1 aliphatic heterocycles. The molecule has 0 bridgehead atoms. The van der Waals surface area contributed by atoms with Crippen LogP contribution in [0.4, 0.5) is 16.0 Å². The second-order valence-electron chi connectivity index (χ2n) is 6.95. The zero-order chi connectivity index (χ0) is 20.7. The maximum Gasteiger partial charge on any atom is 0.255 e. The Kier molecular flexibility index (Phi) is 4.91. The van der Waals surface area contributed by atoms with Gasteiger partial charge in [-0.05, 0) is 61.0 Å². The van der Waals surface area contributed by atoms with E-state index in [4.69, 9.17) is 0 Å². The Hall–Kier alpha value is -3.07. The van der Waals surface area contributed by atoms with Crippen LogP contribution in [-0.4, -0.2) is 26.1 Å². The van der Waals surface area contributed by atoms with E-state index in [0.29, 0.717) is 32.9 Å². The van der Waals surface area contributed by atoms with E-state index in [0.717, 1.165) is 11.1 Å². The van der Waals surface area contributed by atoms with E-state index in [9.17, 15) is 9.18 Å². The predicted molar refractivity (Wildman–Crippen MR) is 111 cm³/mol. The fourth-order valence-electron chi connectivity index (χ4n) is 3.46. The van der Waals surface area contributed by atoms with Gasteiger partial charge in [0.05, 0.1) is 5.57 Å². The number of halogens is 2. The molecule has 0 fully saturated rings. The topological polar surface area (TPSA) is 84.7 Å². The first kappa shape index (κ1) is 19.3. The largest absolute Gasteiger partial charge is 0.326 e. The van der Waals surface area contributed by atoms with Gasteiger partial charge in [-0.15, -0.1) is 0 Å². The van der Waals surface area contributed by atoms with E-state index in [1.54, 1.807) is 19.1 Å². The van der Waals surface area contributed by atoms with Crippen LogP contribution in [0.3, 0.4) is 0 Å². The highest BCUT2D eigenvalue weighted by molar-refractivity contribution is 9.10. The van der Waals surface area contributed by atoms with Crippen LogP contribution in [0.15, 0.2) is 52.1 Å². The van der Waals surface area contributed by atoms with Crippen LogP contribution >= 0.6 is 15.9 Å². The van der Waals surface area contributed by atoms with Crippen molar-refractivity contribution in [2.75, 3.05) is 10.6 Å². The molecule has 0 aliphatic carbocycles. The minimum Gasteiger partial charge on any atom is -0.326 e. The lowest BCUT2D eigenvalue weighted by Gasteiger charge is -2.28. The molecule has 2 aromatic carbocycles. The number of allylic oxidation sites excluding steroid dienone is 1. The molecule has 1 aromatic heterocycles. The van der Waals surface area contributed by atoms with Gasteiger partial charge in [-0.25, -0.2) is 4.39 Å². The van der Waals surface area contributed by atoms with Crippen LogP contribution in [0, 0.1) is 19.7 Å². The molecule has 148 valence electrons. The van der Waals surface area contributed by atoms with Crippen molar-refractivity contribution in [1.29, 1.82) is 0 Å². The molecule has 1 amide bonds. The van der Waals surface area contributed by atoms with Gasteiger partial charge in [-0.3, -0.25) is 4.79 Å². The lowest BCUT2D eigenvalue weighted by atomic mass is 9.94. The molecule has 2 N–H and O–H groups in total. The van der Waals surface area contributed by atoms with E-state index < -0.39 is 11.9 Å². The molecular formula is C20H18BrFN6O. The molecule has 1 aliphatic rings. The van der Waals surface area contributed by atoms with Gasteiger partial charge in [0.25, 0.3) is 5.91 Å². The molecular weight excluding hydrogens is 439 g/mol. The summed E-state index contributed by atoms with van der Waals surface area (Å²) in [6.45, 7) is 5.66. The Morgan fingerprint density at radius 2 is 2.00 bits per heavy atom. The number of amides is 1. The minimum absolute atomic E-state index is 0.291. The van der Waals surface area contributed by atoms with Crippen molar-refractivity contribution in [3.05, 3.63) is 74.6 Å². The van der Waals surface area contributed by atoms with Crippen molar-refractivity contribution in [1.82, 2.24) is 20.2 Å². The maximum atomic E-state index is 14.8. The smallest absolute Gasteiger partial charge is 0.255 e. The molecule has 3 aromatic rings. The maximum absolute atomic E-state index is 14.8. The van der Waals surface area contributed by atoms with Crippen molar-refractivity contribution in [2.24, 2.45) is 0 Å². The minimum atomic E-state index is -0.815. The Labute approximate surface area is 175 Å². The quantitative estimate of drug-likeness (QED) is 0.618. The van der Waals surface area contributed by atoms with Gasteiger partial charge in [0, 0.05) is 21.4 Å². The fourth-order valence-corrected chi connectivity index (χ4v) is 3.84. The number of hydrogen-bond acceptors (Lipinski definition) is 5. The Balaban J connectivity index is 1.81. The summed E-state index contributed by atoms with van der Waals surface area (Å²) >= 11 is 3.38. The van der Waals surface area contributed by atoms with Crippen LogP contribution in [0.25, 0.3) is 0 Å². The summed E-state index contributed by atoms with van der Waals surface area (Å²) < 4.78 is 16.9. The third-order valence-electron chi connectivity index (χ3n) is 4.84. The number of aryl methyl sites for hydroxylation is 2. The SMILES string of the molecule is CC1=C(C(=O)Nc2ccc(C)cc2C)[C@@H](c2cc(Br)ccc2F)n2nnnc2N1. The molecule has 9 heteroatoms. The number of aromatic nitrogens is 4. The molecule has 29 heavy (non-hydrogen) atoms. The van der Waals surface area contributed by atoms with Crippen molar-refractivity contribution < 1.29 is 9.18 Å². The summed E-state index contributed by atoms with van der Waals surface area (Å²) in [5, 5.41) is 17.6. The van der Waals surface area contributed by atoms with Gasteiger partial charge in [0.15, 0.2) is 0 Å². The van der Waals surface area contributed by atoms with Crippen LogP contribution in [0.1, 0.15) is 29.7 Å². The first-order valence-corrected chi connectivity index (χ1v) is 9.73. The molecule has 0 saturated carbocycles. The van der Waals surface area contributed by atoms with Crippen LogP contribution in [0.2, 0.25) is 0 Å². The normalized spacial score (nSPS) is 15.7. The van der Waals surface area contributed by atoms with Crippen LogP contribution < -0.4 is 10.6 Å². The van der Waals surface area contributed by atoms with Gasteiger partial charge in [-0.1, -0.05) is 38.7 Å². The summed E-state index contributed by atoms with van der Waals surface area (Å²) in [4.78, 5) is 13.3. The Morgan fingerprint density at radius 3 is 2.76 bits per heavy atom. The predicted octanol–water partition coefficient (Wildman–Crippen LogP) is 4.12. The highest BCUT2D eigenvalue weighted by Gasteiger charge is 2.35. The summed E-state index contributed by atoms with van der Waals surface area (Å²) in [6.07, 6.45) is 0. The Bertz CT molecular complexity index is 1160. The number of fused-ring (bicyclic) bond motifs is 1. The molecule has 0 saturated heterocycles.